The number of alkyl halides is 3. The van der Waals surface area contributed by atoms with Crippen LogP contribution in [-0.2, 0) is 12.8 Å². The van der Waals surface area contributed by atoms with Gasteiger partial charge in [-0.2, -0.15) is 13.2 Å². The van der Waals surface area contributed by atoms with E-state index >= 15 is 0 Å². The molecule has 122 valence electrons. The van der Waals surface area contributed by atoms with Crippen molar-refractivity contribution >= 4 is 5.65 Å². The molecule has 0 aliphatic heterocycles. The van der Waals surface area contributed by atoms with Gasteiger partial charge in [0.15, 0.2) is 5.65 Å². The molecule has 1 aromatic carbocycles. The summed E-state index contributed by atoms with van der Waals surface area (Å²) in [4.78, 5) is 8.21. The molecule has 0 unspecified atom stereocenters. The standard InChI is InChI=1S/C14H10F3N3O.C2H6/c15-14(16,17)10-3-1-2-9(4-10)12-7-20-6-11(8-21)19-13(20)5-18-12;1-2/h1-7,21H,8H2;1-2H3. The van der Waals surface area contributed by atoms with E-state index in [9.17, 15) is 13.2 Å². The van der Waals surface area contributed by atoms with Crippen molar-refractivity contribution in [1.29, 1.82) is 0 Å². The lowest BCUT2D eigenvalue weighted by Crippen LogP contribution is -2.04. The number of aliphatic hydroxyl groups is 1. The highest BCUT2D eigenvalue weighted by Crippen LogP contribution is 2.31. The molecule has 3 rings (SSSR count). The molecule has 0 fully saturated rings. The first-order chi connectivity index (χ1) is 11.0. The fourth-order valence-corrected chi connectivity index (χ4v) is 2.03. The normalized spacial score (nSPS) is 11.2. The van der Waals surface area contributed by atoms with Gasteiger partial charge < -0.3 is 9.51 Å². The maximum Gasteiger partial charge on any atom is 0.416 e. The number of aliphatic hydroxyl groups excluding tert-OH is 1. The molecule has 4 nitrogen and oxygen atoms in total. The first kappa shape index (κ1) is 17.0. The van der Waals surface area contributed by atoms with Crippen LogP contribution >= 0.6 is 0 Å². The van der Waals surface area contributed by atoms with E-state index < -0.39 is 11.7 Å². The van der Waals surface area contributed by atoms with Gasteiger partial charge in [-0.25, -0.2) is 4.98 Å². The highest BCUT2D eigenvalue weighted by atomic mass is 19.4. The van der Waals surface area contributed by atoms with Gasteiger partial charge in [-0.15, -0.1) is 0 Å². The Kier molecular flexibility index (Phi) is 5.00. The summed E-state index contributed by atoms with van der Waals surface area (Å²) in [5.74, 6) is 0. The number of rotatable bonds is 2. The molecule has 0 amide bonds. The van der Waals surface area contributed by atoms with Crippen LogP contribution < -0.4 is 0 Å². The molecule has 0 saturated heterocycles. The number of hydrogen-bond acceptors (Lipinski definition) is 3. The van der Waals surface area contributed by atoms with Gasteiger partial charge in [0.25, 0.3) is 0 Å². The van der Waals surface area contributed by atoms with Crippen molar-refractivity contribution in [1.82, 2.24) is 14.4 Å². The van der Waals surface area contributed by atoms with Crippen molar-refractivity contribution in [2.75, 3.05) is 0 Å². The largest absolute Gasteiger partial charge is 0.416 e. The van der Waals surface area contributed by atoms with Crippen molar-refractivity contribution in [3.05, 3.63) is 54.1 Å². The minimum Gasteiger partial charge on any atom is -0.390 e. The molecule has 7 heteroatoms. The second-order valence-electron chi connectivity index (χ2n) is 4.51. The van der Waals surface area contributed by atoms with E-state index in [1.807, 2.05) is 13.8 Å². The molecule has 0 bridgehead atoms. The third-order valence-corrected chi connectivity index (χ3v) is 3.04. The third kappa shape index (κ3) is 3.68. The monoisotopic (exact) mass is 323 g/mol. The van der Waals surface area contributed by atoms with Crippen molar-refractivity contribution < 1.29 is 18.3 Å². The molecule has 0 saturated carbocycles. The molecule has 2 aromatic heterocycles. The van der Waals surface area contributed by atoms with Crippen molar-refractivity contribution in [2.24, 2.45) is 0 Å². The number of benzene rings is 1. The van der Waals surface area contributed by atoms with Crippen LogP contribution in [0.15, 0.2) is 42.9 Å². The number of aromatic nitrogens is 3. The second kappa shape index (κ2) is 6.78. The van der Waals surface area contributed by atoms with E-state index in [-0.39, 0.29) is 6.61 Å². The van der Waals surface area contributed by atoms with Gasteiger partial charge in [0.05, 0.1) is 29.8 Å². The molecule has 0 spiro atoms. The summed E-state index contributed by atoms with van der Waals surface area (Å²) >= 11 is 0. The zero-order valence-electron chi connectivity index (χ0n) is 12.7. The summed E-state index contributed by atoms with van der Waals surface area (Å²) < 4.78 is 39.8. The summed E-state index contributed by atoms with van der Waals surface area (Å²) in [6, 6.07) is 4.98. The maximum absolute atomic E-state index is 12.7. The fraction of sp³-hybridized carbons (Fsp3) is 0.250. The number of hydrogen-bond donors (Lipinski definition) is 1. The Labute approximate surface area is 131 Å². The zero-order chi connectivity index (χ0) is 17.0. The third-order valence-electron chi connectivity index (χ3n) is 3.04. The number of halogens is 3. The lowest BCUT2D eigenvalue weighted by Gasteiger charge is -2.08. The quantitative estimate of drug-likeness (QED) is 0.777. The molecular weight excluding hydrogens is 307 g/mol. The van der Waals surface area contributed by atoms with Gasteiger partial charge in [0, 0.05) is 18.0 Å². The van der Waals surface area contributed by atoms with Gasteiger partial charge in [0.2, 0.25) is 0 Å². The second-order valence-corrected chi connectivity index (χ2v) is 4.51. The Bertz CT molecular complexity index is 797. The van der Waals surface area contributed by atoms with Gasteiger partial charge in [-0.3, -0.25) is 4.98 Å². The average molecular weight is 323 g/mol. The lowest BCUT2D eigenvalue weighted by atomic mass is 10.1. The molecule has 3 aromatic rings. The van der Waals surface area contributed by atoms with Crippen molar-refractivity contribution in [2.45, 2.75) is 26.6 Å². The van der Waals surface area contributed by atoms with Crippen LogP contribution in [0, 0.1) is 0 Å². The molecule has 0 atom stereocenters. The van der Waals surface area contributed by atoms with E-state index in [1.54, 1.807) is 22.9 Å². The topological polar surface area (TPSA) is 50.4 Å². The molecule has 0 radical (unpaired) electrons. The van der Waals surface area contributed by atoms with Crippen LogP contribution in [0.3, 0.4) is 0 Å². The molecular formula is C16H16F3N3O. The van der Waals surface area contributed by atoms with E-state index in [0.717, 1.165) is 12.1 Å². The highest BCUT2D eigenvalue weighted by molar-refractivity contribution is 5.61. The van der Waals surface area contributed by atoms with Crippen LogP contribution in [0.4, 0.5) is 13.2 Å². The number of fused-ring (bicyclic) bond motifs is 1. The molecule has 2 heterocycles. The highest BCUT2D eigenvalue weighted by Gasteiger charge is 2.30. The van der Waals surface area contributed by atoms with Crippen LogP contribution in [-0.4, -0.2) is 19.5 Å². The first-order valence-corrected chi connectivity index (χ1v) is 7.09. The molecule has 0 aliphatic carbocycles. The average Bonchev–Trinajstić information content (AvgIpc) is 2.98. The summed E-state index contributed by atoms with van der Waals surface area (Å²) in [6.45, 7) is 3.79. The maximum atomic E-state index is 12.7. The number of nitrogens with zero attached hydrogens (tertiary/aromatic N) is 3. The predicted octanol–water partition coefficient (Wildman–Crippen LogP) is 3.93. The van der Waals surface area contributed by atoms with Gasteiger partial charge in [-0.1, -0.05) is 26.0 Å². The van der Waals surface area contributed by atoms with E-state index in [1.165, 1.54) is 12.3 Å². The summed E-state index contributed by atoms with van der Waals surface area (Å²) in [5.41, 5.74) is 1.04. The van der Waals surface area contributed by atoms with Gasteiger partial charge in [0.1, 0.15) is 0 Å². The van der Waals surface area contributed by atoms with Crippen LogP contribution in [0.5, 0.6) is 0 Å². The number of imidazole rings is 1. The Morgan fingerprint density at radius 3 is 2.57 bits per heavy atom. The summed E-state index contributed by atoms with van der Waals surface area (Å²) in [5, 5.41) is 9.03. The Morgan fingerprint density at radius 2 is 1.91 bits per heavy atom. The molecule has 23 heavy (non-hydrogen) atoms. The fourth-order valence-electron chi connectivity index (χ4n) is 2.03. The molecule has 1 N–H and O–H groups in total. The van der Waals surface area contributed by atoms with Crippen LogP contribution in [0.2, 0.25) is 0 Å². The van der Waals surface area contributed by atoms with Crippen molar-refractivity contribution in [3.63, 3.8) is 0 Å². The smallest absolute Gasteiger partial charge is 0.390 e. The Hall–Kier alpha value is -2.41. The Morgan fingerprint density at radius 1 is 1.17 bits per heavy atom. The summed E-state index contributed by atoms with van der Waals surface area (Å²) in [7, 11) is 0. The van der Waals surface area contributed by atoms with Gasteiger partial charge in [-0.05, 0) is 12.1 Å². The predicted molar refractivity (Wildman–Crippen MR) is 80.7 cm³/mol. The molecule has 0 aliphatic rings. The van der Waals surface area contributed by atoms with E-state index in [2.05, 4.69) is 9.97 Å². The minimum atomic E-state index is -4.39. The van der Waals surface area contributed by atoms with Crippen LogP contribution in [0.1, 0.15) is 25.1 Å². The van der Waals surface area contributed by atoms with Crippen molar-refractivity contribution in [3.8, 4) is 11.3 Å². The first-order valence-electron chi connectivity index (χ1n) is 7.09. The van der Waals surface area contributed by atoms with E-state index in [4.69, 9.17) is 5.11 Å². The van der Waals surface area contributed by atoms with Crippen LogP contribution in [0.25, 0.3) is 16.9 Å². The lowest BCUT2D eigenvalue weighted by molar-refractivity contribution is -0.137. The Balaban J connectivity index is 0.000000924. The SMILES string of the molecule is CC.OCc1cn2cc(-c3cccc(C(F)(F)F)c3)ncc2n1. The summed E-state index contributed by atoms with van der Waals surface area (Å²) in [6.07, 6.45) is 0.249. The minimum absolute atomic E-state index is 0.208. The van der Waals surface area contributed by atoms with E-state index in [0.29, 0.717) is 22.6 Å². The van der Waals surface area contributed by atoms with Gasteiger partial charge >= 0.3 is 6.18 Å². The zero-order valence-corrected chi connectivity index (χ0v) is 12.7.